The molecule has 0 aliphatic rings. The molecule has 0 fully saturated rings. The molecule has 0 aliphatic carbocycles. The van der Waals surface area contributed by atoms with E-state index in [0.29, 0.717) is 11.3 Å². The second-order valence-electron chi connectivity index (χ2n) is 3.97. The van der Waals surface area contributed by atoms with Gasteiger partial charge in [0, 0.05) is 10.2 Å². The van der Waals surface area contributed by atoms with Gasteiger partial charge in [0.25, 0.3) is 0 Å². The fourth-order valence-electron chi connectivity index (χ4n) is 1.73. The minimum Gasteiger partial charge on any atom is -0.481 e. The van der Waals surface area contributed by atoms with Crippen LogP contribution in [0.25, 0.3) is 0 Å². The first-order chi connectivity index (χ1) is 7.47. The van der Waals surface area contributed by atoms with Gasteiger partial charge in [-0.2, -0.15) is 0 Å². The highest BCUT2D eigenvalue weighted by atomic mass is 79.9. The maximum Gasteiger partial charge on any atom is 0.311 e. The molecule has 2 unspecified atom stereocenters. The van der Waals surface area contributed by atoms with Crippen LogP contribution in [0.5, 0.6) is 0 Å². The van der Waals surface area contributed by atoms with Crippen molar-refractivity contribution in [3.8, 4) is 0 Å². The Bertz CT molecular complexity index is 393. The van der Waals surface area contributed by atoms with Crippen molar-refractivity contribution in [3.63, 3.8) is 0 Å². The Kier molecular flexibility index (Phi) is 4.35. The van der Waals surface area contributed by atoms with Crippen LogP contribution < -0.4 is 5.73 Å². The Labute approximate surface area is 104 Å². The Morgan fingerprint density at radius 1 is 1.56 bits per heavy atom. The smallest absolute Gasteiger partial charge is 0.311 e. The van der Waals surface area contributed by atoms with Crippen LogP contribution in [-0.2, 0) is 4.79 Å². The molecular weight excluding hydrogens is 270 g/mol. The monoisotopic (exact) mass is 285 g/mol. The van der Waals surface area contributed by atoms with Crippen molar-refractivity contribution >= 4 is 27.6 Å². The average molecular weight is 286 g/mol. The van der Waals surface area contributed by atoms with Crippen LogP contribution >= 0.6 is 15.9 Å². The third-order valence-electron chi connectivity index (χ3n) is 2.86. The highest BCUT2D eigenvalue weighted by Gasteiger charge is 2.27. The molecule has 3 N–H and O–H groups in total. The highest BCUT2D eigenvalue weighted by molar-refractivity contribution is 9.10. The predicted molar refractivity (Wildman–Crippen MR) is 68.4 cm³/mol. The van der Waals surface area contributed by atoms with Gasteiger partial charge in [-0.1, -0.05) is 36.2 Å². The zero-order valence-corrected chi connectivity index (χ0v) is 11.0. The van der Waals surface area contributed by atoms with E-state index in [2.05, 4.69) is 15.9 Å². The molecule has 1 aromatic rings. The Balaban J connectivity index is 3.20. The minimum absolute atomic E-state index is 0.0640. The van der Waals surface area contributed by atoms with E-state index in [1.165, 1.54) is 0 Å². The van der Waals surface area contributed by atoms with Crippen LogP contribution in [-0.4, -0.2) is 11.1 Å². The highest BCUT2D eigenvalue weighted by Crippen LogP contribution is 2.32. The Morgan fingerprint density at radius 3 is 2.69 bits per heavy atom. The second-order valence-corrected chi connectivity index (χ2v) is 4.89. The second kappa shape index (κ2) is 5.34. The molecule has 0 spiro atoms. The zero-order chi connectivity index (χ0) is 12.3. The largest absolute Gasteiger partial charge is 0.481 e. The normalized spacial score (nSPS) is 14.4. The van der Waals surface area contributed by atoms with Crippen molar-refractivity contribution in [2.75, 3.05) is 5.73 Å². The summed E-state index contributed by atoms with van der Waals surface area (Å²) in [5, 5.41) is 9.27. The van der Waals surface area contributed by atoms with Crippen LogP contribution in [0.2, 0.25) is 0 Å². The van der Waals surface area contributed by atoms with E-state index < -0.39 is 11.9 Å². The van der Waals surface area contributed by atoms with Gasteiger partial charge in [-0.15, -0.1) is 0 Å². The third kappa shape index (κ3) is 2.76. The number of hydrogen-bond donors (Lipinski definition) is 2. The summed E-state index contributed by atoms with van der Waals surface area (Å²) in [6.45, 7) is 3.91. The standard InChI is InChI=1S/C12H16BrNO2/c1-3-7(2)11(12(15)16)9-6-8(13)4-5-10(9)14/h4-7,11H,3,14H2,1-2H3,(H,15,16). The number of benzene rings is 1. The molecule has 1 aromatic carbocycles. The van der Waals surface area contributed by atoms with E-state index in [0.717, 1.165) is 10.9 Å². The maximum absolute atomic E-state index is 11.3. The molecule has 0 aliphatic heterocycles. The first-order valence-corrected chi connectivity index (χ1v) is 6.04. The molecule has 2 atom stereocenters. The fraction of sp³-hybridized carbons (Fsp3) is 0.417. The van der Waals surface area contributed by atoms with Gasteiger partial charge in [-0.05, 0) is 29.7 Å². The number of halogens is 1. The summed E-state index contributed by atoms with van der Waals surface area (Å²) in [6.07, 6.45) is 0.808. The molecule has 3 nitrogen and oxygen atoms in total. The van der Waals surface area contributed by atoms with Crippen molar-refractivity contribution < 1.29 is 9.90 Å². The van der Waals surface area contributed by atoms with Gasteiger partial charge in [-0.25, -0.2) is 0 Å². The summed E-state index contributed by atoms with van der Waals surface area (Å²) in [6, 6.07) is 5.34. The quantitative estimate of drug-likeness (QED) is 0.835. The molecule has 0 aromatic heterocycles. The molecule has 0 saturated heterocycles. The maximum atomic E-state index is 11.3. The lowest BCUT2D eigenvalue weighted by molar-refractivity contribution is -0.140. The molecule has 0 heterocycles. The lowest BCUT2D eigenvalue weighted by atomic mass is 9.85. The Morgan fingerprint density at radius 2 is 2.19 bits per heavy atom. The molecule has 4 heteroatoms. The summed E-state index contributed by atoms with van der Waals surface area (Å²) in [5.74, 6) is -1.30. The topological polar surface area (TPSA) is 63.3 Å². The van der Waals surface area contributed by atoms with Crippen LogP contribution in [0, 0.1) is 5.92 Å². The molecule has 1 rings (SSSR count). The number of hydrogen-bond acceptors (Lipinski definition) is 2. The van der Waals surface area contributed by atoms with Gasteiger partial charge in [0.05, 0.1) is 5.92 Å². The number of carboxylic acids is 1. The summed E-state index contributed by atoms with van der Waals surface area (Å²) < 4.78 is 0.853. The first kappa shape index (κ1) is 13.0. The van der Waals surface area contributed by atoms with Crippen molar-refractivity contribution in [3.05, 3.63) is 28.2 Å². The summed E-state index contributed by atoms with van der Waals surface area (Å²) >= 11 is 3.34. The number of nitrogens with two attached hydrogens (primary N) is 1. The minimum atomic E-state index is -0.820. The molecular formula is C12H16BrNO2. The van der Waals surface area contributed by atoms with Gasteiger partial charge in [0.15, 0.2) is 0 Å². The van der Waals surface area contributed by atoms with Crippen molar-refractivity contribution in [1.82, 2.24) is 0 Å². The fourth-order valence-corrected chi connectivity index (χ4v) is 2.11. The SMILES string of the molecule is CCC(C)C(C(=O)O)c1cc(Br)ccc1N. The van der Waals surface area contributed by atoms with E-state index in [-0.39, 0.29) is 5.92 Å². The molecule has 0 radical (unpaired) electrons. The number of carbonyl (C=O) groups is 1. The van der Waals surface area contributed by atoms with Gasteiger partial charge in [0.1, 0.15) is 0 Å². The van der Waals surface area contributed by atoms with Gasteiger partial charge in [0.2, 0.25) is 0 Å². The van der Waals surface area contributed by atoms with E-state index in [1.54, 1.807) is 12.1 Å². The number of anilines is 1. The molecule has 88 valence electrons. The van der Waals surface area contributed by atoms with Crippen molar-refractivity contribution in [2.45, 2.75) is 26.2 Å². The van der Waals surface area contributed by atoms with Gasteiger partial charge < -0.3 is 10.8 Å². The molecule has 16 heavy (non-hydrogen) atoms. The summed E-state index contributed by atoms with van der Waals surface area (Å²) in [5.41, 5.74) is 7.07. The summed E-state index contributed by atoms with van der Waals surface area (Å²) in [7, 11) is 0. The summed E-state index contributed by atoms with van der Waals surface area (Å²) in [4.78, 5) is 11.3. The number of rotatable bonds is 4. The Hall–Kier alpha value is -1.03. The van der Waals surface area contributed by atoms with E-state index in [9.17, 15) is 9.90 Å². The predicted octanol–water partition coefficient (Wildman–Crippen LogP) is 3.25. The zero-order valence-electron chi connectivity index (χ0n) is 9.40. The number of nitrogen functional groups attached to an aromatic ring is 1. The number of aliphatic carboxylic acids is 1. The van der Waals surface area contributed by atoms with E-state index >= 15 is 0 Å². The lowest BCUT2D eigenvalue weighted by Gasteiger charge is -2.20. The van der Waals surface area contributed by atoms with E-state index in [1.807, 2.05) is 19.9 Å². The van der Waals surface area contributed by atoms with Crippen LogP contribution in [0.4, 0.5) is 5.69 Å². The van der Waals surface area contributed by atoms with Crippen LogP contribution in [0.1, 0.15) is 31.7 Å². The van der Waals surface area contributed by atoms with Gasteiger partial charge >= 0.3 is 5.97 Å². The van der Waals surface area contributed by atoms with Crippen LogP contribution in [0.15, 0.2) is 22.7 Å². The number of carboxylic acid groups (broad SMARTS) is 1. The average Bonchev–Trinajstić information content (AvgIpc) is 2.22. The lowest BCUT2D eigenvalue weighted by Crippen LogP contribution is -2.20. The van der Waals surface area contributed by atoms with Crippen molar-refractivity contribution in [2.24, 2.45) is 5.92 Å². The molecule has 0 amide bonds. The van der Waals surface area contributed by atoms with Crippen molar-refractivity contribution in [1.29, 1.82) is 0 Å². The van der Waals surface area contributed by atoms with Crippen LogP contribution in [0.3, 0.4) is 0 Å². The molecule has 0 saturated carbocycles. The van der Waals surface area contributed by atoms with Gasteiger partial charge in [-0.3, -0.25) is 4.79 Å². The third-order valence-corrected chi connectivity index (χ3v) is 3.36. The first-order valence-electron chi connectivity index (χ1n) is 5.25. The molecule has 0 bridgehead atoms. The van der Waals surface area contributed by atoms with E-state index in [4.69, 9.17) is 5.73 Å².